The van der Waals surface area contributed by atoms with Crippen molar-refractivity contribution in [3.8, 4) is 0 Å². The van der Waals surface area contributed by atoms with Crippen LogP contribution in [0.5, 0.6) is 0 Å². The zero-order valence-electron chi connectivity index (χ0n) is 14.6. The zero-order valence-corrected chi connectivity index (χ0v) is 15.4. The van der Waals surface area contributed by atoms with Crippen molar-refractivity contribution in [2.75, 3.05) is 17.2 Å². The van der Waals surface area contributed by atoms with Gasteiger partial charge < -0.3 is 15.5 Å². The van der Waals surface area contributed by atoms with Gasteiger partial charge in [0.1, 0.15) is 5.82 Å². The van der Waals surface area contributed by atoms with E-state index in [0.29, 0.717) is 15.9 Å². The van der Waals surface area contributed by atoms with Gasteiger partial charge >= 0.3 is 12.2 Å². The summed E-state index contributed by atoms with van der Waals surface area (Å²) in [6.07, 6.45) is -5.89. The first-order valence-corrected chi connectivity index (χ1v) is 9.08. The largest absolute Gasteiger partial charge is 0.421 e. The van der Waals surface area contributed by atoms with Crippen molar-refractivity contribution in [3.05, 3.63) is 53.8 Å². The Hall–Kier alpha value is -2.76. The molecule has 2 amide bonds. The fourth-order valence-corrected chi connectivity index (χ4v) is 3.54. The molecule has 6 nitrogen and oxygen atoms in total. The second-order valence-electron chi connectivity index (χ2n) is 6.12. The Morgan fingerprint density at radius 1 is 1.10 bits per heavy atom. The van der Waals surface area contributed by atoms with Crippen molar-refractivity contribution in [3.63, 3.8) is 0 Å². The molecule has 11 heteroatoms. The lowest BCUT2D eigenvalue weighted by atomic mass is 9.90. The minimum atomic E-state index is -4.98. The molecule has 0 fully saturated rings. The van der Waals surface area contributed by atoms with Crippen LogP contribution in [0.3, 0.4) is 0 Å². The quantitative estimate of drug-likeness (QED) is 0.457. The number of urea groups is 1. The van der Waals surface area contributed by atoms with Gasteiger partial charge in [0.25, 0.3) is 0 Å². The van der Waals surface area contributed by atoms with E-state index in [9.17, 15) is 27.5 Å². The molecule has 0 saturated carbocycles. The monoisotopic (exact) mass is 429 g/mol. The summed E-state index contributed by atoms with van der Waals surface area (Å²) in [5, 5.41) is 24.1. The first kappa shape index (κ1) is 21.0. The number of anilines is 2. The summed E-state index contributed by atoms with van der Waals surface area (Å²) in [6, 6.07) is 7.89. The molecule has 0 aliphatic carbocycles. The molecule has 1 atom stereocenters. The summed E-state index contributed by atoms with van der Waals surface area (Å²) in [5.41, 5.74) is -2.97. The molecule has 29 heavy (non-hydrogen) atoms. The number of hydrogen-bond acceptors (Lipinski definition) is 5. The maximum absolute atomic E-state index is 13.3. The van der Waals surface area contributed by atoms with E-state index in [-0.39, 0.29) is 5.13 Å². The standard InChI is InChI=1S/C18H15F4N3O3S/c19-11-2-4-12(5-3-11)23-15(27)25-16-24-13-6-1-10(9-14(13)29-16)17(28,7-8-26)18(20,21)22/h1-6,9,26,28H,7-8H2,(H2,23,24,25,27). The van der Waals surface area contributed by atoms with E-state index >= 15 is 0 Å². The summed E-state index contributed by atoms with van der Waals surface area (Å²) < 4.78 is 53.2. The second kappa shape index (κ2) is 7.93. The minimum absolute atomic E-state index is 0.120. The van der Waals surface area contributed by atoms with Crippen LogP contribution in [0.2, 0.25) is 0 Å². The van der Waals surface area contributed by atoms with Gasteiger partial charge in [0, 0.05) is 18.7 Å². The Bertz CT molecular complexity index is 1020. The molecule has 0 aliphatic rings. The van der Waals surface area contributed by atoms with Crippen LogP contribution in [-0.2, 0) is 5.60 Å². The summed E-state index contributed by atoms with van der Waals surface area (Å²) in [4.78, 5) is 16.1. The van der Waals surface area contributed by atoms with E-state index in [1.165, 1.54) is 30.3 Å². The molecule has 0 saturated heterocycles. The van der Waals surface area contributed by atoms with Crippen molar-refractivity contribution in [1.29, 1.82) is 0 Å². The third-order valence-corrected chi connectivity index (χ3v) is 5.06. The number of halogens is 4. The first-order chi connectivity index (χ1) is 13.6. The molecular weight excluding hydrogens is 414 g/mol. The maximum atomic E-state index is 13.3. The van der Waals surface area contributed by atoms with E-state index in [1.54, 1.807) is 0 Å². The molecule has 0 aliphatic heterocycles. The highest BCUT2D eigenvalue weighted by molar-refractivity contribution is 7.22. The van der Waals surface area contributed by atoms with Gasteiger partial charge in [-0.3, -0.25) is 5.32 Å². The summed E-state index contributed by atoms with van der Waals surface area (Å²) >= 11 is 0.914. The number of rotatable bonds is 5. The van der Waals surface area contributed by atoms with Gasteiger partial charge in [-0.1, -0.05) is 17.4 Å². The van der Waals surface area contributed by atoms with Gasteiger partial charge in [0.15, 0.2) is 10.7 Å². The van der Waals surface area contributed by atoms with Crippen LogP contribution in [0.1, 0.15) is 12.0 Å². The third-order valence-electron chi connectivity index (χ3n) is 4.13. The van der Waals surface area contributed by atoms with E-state index in [4.69, 9.17) is 5.11 Å². The molecule has 0 bridgehead atoms. The molecule has 1 unspecified atom stereocenters. The highest BCUT2D eigenvalue weighted by Gasteiger charge is 2.54. The lowest BCUT2D eigenvalue weighted by Gasteiger charge is -2.30. The second-order valence-corrected chi connectivity index (χ2v) is 7.15. The highest BCUT2D eigenvalue weighted by Crippen LogP contribution is 2.42. The smallest absolute Gasteiger partial charge is 0.396 e. The molecule has 1 aromatic heterocycles. The average molecular weight is 429 g/mol. The van der Waals surface area contributed by atoms with Crippen molar-refractivity contribution < 1.29 is 32.6 Å². The first-order valence-electron chi connectivity index (χ1n) is 8.27. The Labute approximate surface area is 165 Å². The number of fused-ring (bicyclic) bond motifs is 1. The van der Waals surface area contributed by atoms with Gasteiger partial charge in [-0.15, -0.1) is 0 Å². The van der Waals surface area contributed by atoms with Crippen molar-refractivity contribution in [2.45, 2.75) is 18.2 Å². The molecule has 3 rings (SSSR count). The summed E-state index contributed by atoms with van der Waals surface area (Å²) in [5.74, 6) is -0.460. The predicted octanol–water partition coefficient (Wildman–Crippen LogP) is 4.21. The predicted molar refractivity (Wildman–Crippen MR) is 100 cm³/mol. The average Bonchev–Trinajstić information content (AvgIpc) is 3.04. The third kappa shape index (κ3) is 4.47. The van der Waals surface area contributed by atoms with Crippen LogP contribution >= 0.6 is 11.3 Å². The van der Waals surface area contributed by atoms with Crippen molar-refractivity contribution >= 4 is 38.4 Å². The molecule has 1 heterocycles. The van der Waals surface area contributed by atoms with Crippen LogP contribution < -0.4 is 10.6 Å². The molecule has 4 N–H and O–H groups in total. The van der Waals surface area contributed by atoms with Gasteiger partial charge in [-0.05, 0) is 42.0 Å². The van der Waals surface area contributed by atoms with E-state index in [2.05, 4.69) is 15.6 Å². The maximum Gasteiger partial charge on any atom is 0.421 e. The number of carbonyl (C=O) groups excluding carboxylic acids is 1. The Morgan fingerprint density at radius 3 is 2.41 bits per heavy atom. The number of nitrogens with one attached hydrogen (secondary N) is 2. The summed E-state index contributed by atoms with van der Waals surface area (Å²) in [6.45, 7) is -0.854. The Morgan fingerprint density at radius 2 is 1.79 bits per heavy atom. The topological polar surface area (TPSA) is 94.5 Å². The number of carbonyl (C=O) groups is 1. The molecule has 3 aromatic rings. The van der Waals surface area contributed by atoms with E-state index in [1.807, 2.05) is 0 Å². The molecule has 0 spiro atoms. The van der Waals surface area contributed by atoms with Crippen LogP contribution in [0.15, 0.2) is 42.5 Å². The van der Waals surface area contributed by atoms with Crippen LogP contribution in [-0.4, -0.2) is 34.0 Å². The number of aliphatic hydroxyl groups is 2. The fraction of sp³-hybridized carbons (Fsp3) is 0.222. The number of alkyl halides is 3. The Balaban J connectivity index is 1.81. The number of amides is 2. The fourth-order valence-electron chi connectivity index (χ4n) is 2.64. The minimum Gasteiger partial charge on any atom is -0.396 e. The van der Waals surface area contributed by atoms with Crippen LogP contribution in [0, 0.1) is 5.82 Å². The number of nitrogens with zero attached hydrogens (tertiary/aromatic N) is 1. The molecule has 0 radical (unpaired) electrons. The van der Waals surface area contributed by atoms with E-state index in [0.717, 1.165) is 23.5 Å². The van der Waals surface area contributed by atoms with Crippen molar-refractivity contribution in [1.82, 2.24) is 4.98 Å². The van der Waals surface area contributed by atoms with Gasteiger partial charge in [-0.25, -0.2) is 14.2 Å². The number of benzene rings is 2. The number of thiazole rings is 1. The van der Waals surface area contributed by atoms with Crippen LogP contribution in [0.4, 0.5) is 33.2 Å². The number of aromatic nitrogens is 1. The highest BCUT2D eigenvalue weighted by atomic mass is 32.1. The lowest BCUT2D eigenvalue weighted by molar-refractivity contribution is -0.271. The number of hydrogen-bond donors (Lipinski definition) is 4. The molecule has 154 valence electrons. The number of aliphatic hydroxyl groups excluding tert-OH is 1. The van der Waals surface area contributed by atoms with Crippen LogP contribution in [0.25, 0.3) is 10.2 Å². The normalized spacial score (nSPS) is 13.9. The van der Waals surface area contributed by atoms with Crippen molar-refractivity contribution in [2.24, 2.45) is 0 Å². The van der Waals surface area contributed by atoms with Gasteiger partial charge in [0.05, 0.1) is 10.2 Å². The van der Waals surface area contributed by atoms with Gasteiger partial charge in [-0.2, -0.15) is 13.2 Å². The Kier molecular flexibility index (Phi) is 5.73. The lowest BCUT2D eigenvalue weighted by Crippen LogP contribution is -2.43. The molecule has 2 aromatic carbocycles. The zero-order chi connectivity index (χ0) is 21.2. The molecular formula is C18H15F4N3O3S. The van der Waals surface area contributed by atoms with Gasteiger partial charge in [0.2, 0.25) is 0 Å². The van der Waals surface area contributed by atoms with E-state index < -0.39 is 42.2 Å². The SMILES string of the molecule is O=C(Nc1ccc(F)cc1)Nc1nc2ccc(C(O)(CCO)C(F)(F)F)cc2s1. The summed E-state index contributed by atoms with van der Waals surface area (Å²) in [7, 11) is 0.